The molecule has 2 aromatic carbocycles. The summed E-state index contributed by atoms with van der Waals surface area (Å²) in [6, 6.07) is 5.26. The number of alkyl halides is 3. The number of hydrogen-bond acceptors (Lipinski definition) is 3. The zero-order valence-corrected chi connectivity index (χ0v) is 17.1. The predicted molar refractivity (Wildman–Crippen MR) is 117 cm³/mol. The van der Waals surface area contributed by atoms with Crippen molar-refractivity contribution in [2.45, 2.75) is 56.4 Å². The van der Waals surface area contributed by atoms with Gasteiger partial charge in [-0.1, -0.05) is 20.9 Å². The molecule has 0 bridgehead atoms. The number of Topliss-reactive ketones (excluding diaryl/α,β-unsaturated/α-hetero) is 1. The van der Waals surface area contributed by atoms with Gasteiger partial charge in [0.2, 0.25) is 0 Å². The third-order valence-electron chi connectivity index (χ3n) is 5.68. The quantitative estimate of drug-likeness (QED) is 0.339. The molecule has 0 amide bonds. The molecule has 0 N–H and O–H groups in total. The fraction of sp³-hybridized carbons (Fsp3) is 0.375. The van der Waals surface area contributed by atoms with Crippen molar-refractivity contribution in [3.63, 3.8) is 0 Å². The van der Waals surface area contributed by atoms with Crippen molar-refractivity contribution >= 4 is 15.6 Å². The van der Waals surface area contributed by atoms with E-state index in [1.54, 1.807) is 0 Å². The van der Waals surface area contributed by atoms with Crippen LogP contribution in [0.3, 0.4) is 0 Å². The molecule has 1 saturated carbocycles. The molecule has 0 unspecified atom stereocenters. The van der Waals surface area contributed by atoms with Gasteiger partial charge in [-0.2, -0.15) is 13.2 Å². The van der Waals surface area contributed by atoms with Gasteiger partial charge in [-0.3, -0.25) is 4.79 Å². The van der Waals surface area contributed by atoms with Gasteiger partial charge in [0.05, 0.1) is 10.5 Å². The number of carbonyl (C=O) groups is 1. The van der Waals surface area contributed by atoms with Crippen LogP contribution in [0.1, 0.15) is 51.7 Å². The number of halogens is 5. The van der Waals surface area contributed by atoms with Crippen LogP contribution in [0.5, 0.6) is 0 Å². The molecule has 9 heteroatoms. The van der Waals surface area contributed by atoms with E-state index in [1.165, 1.54) is 6.08 Å². The smallest absolute Gasteiger partial charge is 0.299 e. The first-order valence-electron chi connectivity index (χ1n) is 9.43. The number of ketones is 1. The van der Waals surface area contributed by atoms with Crippen LogP contribution in [0.4, 0.5) is 22.0 Å². The van der Waals surface area contributed by atoms with Crippen molar-refractivity contribution in [1.29, 1.82) is 0 Å². The van der Waals surface area contributed by atoms with E-state index in [0.717, 1.165) is 30.3 Å². The van der Waals surface area contributed by atoms with Gasteiger partial charge in [0, 0.05) is 17.9 Å². The van der Waals surface area contributed by atoms with Gasteiger partial charge in [-0.15, -0.1) is 6.58 Å². The highest BCUT2D eigenvalue weighted by Gasteiger charge is 2.52. The molecular weight excluding hydrogens is 463 g/mol. The molecule has 0 aromatic heterocycles. The third kappa shape index (κ3) is 5.18. The molecule has 0 aliphatic heterocycles. The summed E-state index contributed by atoms with van der Waals surface area (Å²) >= 11 is 0. The molecule has 3 nitrogen and oxygen atoms in total. The molecule has 2 aromatic rings. The molecule has 0 radical (unpaired) electrons. The Morgan fingerprint density at radius 1 is 1.06 bits per heavy atom. The highest BCUT2D eigenvalue weighted by Crippen LogP contribution is 2.49. The van der Waals surface area contributed by atoms with Gasteiger partial charge in [-0.25, -0.2) is 17.2 Å². The molecule has 182 valence electrons. The first-order chi connectivity index (χ1) is 14.4. The van der Waals surface area contributed by atoms with Gasteiger partial charge in [-0.05, 0) is 61.7 Å². The van der Waals surface area contributed by atoms with Gasteiger partial charge in [0.15, 0.2) is 9.84 Å². The Bertz CT molecular complexity index is 1110. The van der Waals surface area contributed by atoms with E-state index in [2.05, 4.69) is 6.58 Å². The Morgan fingerprint density at radius 2 is 1.67 bits per heavy atom. The second-order valence-corrected chi connectivity index (χ2v) is 9.80. The van der Waals surface area contributed by atoms with Crippen molar-refractivity contribution < 1.29 is 35.2 Å². The highest BCUT2D eigenvalue weighted by atomic mass is 32.2. The number of sulfone groups is 1. The number of carbonyl (C=O) groups excluding carboxylic acids is 1. The van der Waals surface area contributed by atoms with Crippen molar-refractivity contribution in [1.82, 2.24) is 0 Å². The van der Waals surface area contributed by atoms with Crippen molar-refractivity contribution in [2.24, 2.45) is 5.92 Å². The molecule has 1 fully saturated rings. The van der Waals surface area contributed by atoms with Crippen LogP contribution in [0.15, 0.2) is 60.0 Å². The Kier molecular flexibility index (Phi) is 8.76. The zero-order chi connectivity index (χ0) is 23.0. The minimum atomic E-state index is -4.67. The molecule has 2 atom stereocenters. The summed E-state index contributed by atoms with van der Waals surface area (Å²) in [6.45, 7) is 3.55. The molecule has 3 rings (SSSR count). The van der Waals surface area contributed by atoms with E-state index in [0.29, 0.717) is 12.1 Å². The van der Waals surface area contributed by atoms with Crippen LogP contribution < -0.4 is 0 Å². The highest BCUT2D eigenvalue weighted by molar-refractivity contribution is 7.92. The number of hydrogen-bond donors (Lipinski definition) is 0. The lowest BCUT2D eigenvalue weighted by molar-refractivity contribution is -0.137. The second-order valence-electron chi connectivity index (χ2n) is 7.54. The van der Waals surface area contributed by atoms with E-state index < -0.39 is 54.3 Å². The Hall–Kier alpha value is -2.55. The monoisotopic (exact) mass is 490 g/mol. The summed E-state index contributed by atoms with van der Waals surface area (Å²) in [4.78, 5) is 11.9. The maximum absolute atomic E-state index is 14.8. The topological polar surface area (TPSA) is 51.2 Å². The average molecular weight is 491 g/mol. The van der Waals surface area contributed by atoms with E-state index >= 15 is 0 Å². The van der Waals surface area contributed by atoms with Crippen molar-refractivity contribution in [3.8, 4) is 0 Å². The maximum atomic E-state index is 14.8. The van der Waals surface area contributed by atoms with Gasteiger partial charge in [0.25, 0.3) is 0 Å². The largest absolute Gasteiger partial charge is 0.416 e. The lowest BCUT2D eigenvalue weighted by Crippen LogP contribution is -2.44. The van der Waals surface area contributed by atoms with Crippen LogP contribution in [0.2, 0.25) is 0 Å². The Balaban J connectivity index is 0.00000272. The van der Waals surface area contributed by atoms with Gasteiger partial charge in [0.1, 0.15) is 22.2 Å². The first kappa shape index (κ1) is 28.5. The SMILES string of the molecule is C.C.C=CC[C@@H]1C[C@](c2cc(F)ccc2F)(S(=O)(=O)c2ccc(C(F)(F)F)cc2)CCC1=O. The van der Waals surface area contributed by atoms with Crippen LogP contribution in [0.25, 0.3) is 0 Å². The molecule has 0 heterocycles. The summed E-state index contributed by atoms with van der Waals surface area (Å²) in [7, 11) is -4.51. The Morgan fingerprint density at radius 3 is 2.21 bits per heavy atom. The van der Waals surface area contributed by atoms with Gasteiger partial charge < -0.3 is 0 Å². The van der Waals surface area contributed by atoms with Crippen molar-refractivity contribution in [3.05, 3.63) is 77.9 Å². The summed E-state index contributed by atoms with van der Waals surface area (Å²) in [6.07, 6.45) is -3.94. The lowest BCUT2D eigenvalue weighted by atomic mass is 9.75. The lowest BCUT2D eigenvalue weighted by Gasteiger charge is -2.40. The van der Waals surface area contributed by atoms with Crippen LogP contribution >= 0.6 is 0 Å². The van der Waals surface area contributed by atoms with Crippen LogP contribution in [-0.4, -0.2) is 14.2 Å². The minimum Gasteiger partial charge on any atom is -0.299 e. The number of benzene rings is 2. The van der Waals surface area contributed by atoms with E-state index in [1.807, 2.05) is 0 Å². The molecule has 1 aliphatic carbocycles. The summed E-state index contributed by atoms with van der Waals surface area (Å²) in [5.74, 6) is -2.85. The second kappa shape index (κ2) is 10.2. The van der Waals surface area contributed by atoms with E-state index in [9.17, 15) is 35.2 Å². The normalized spacial score (nSPS) is 21.0. The summed E-state index contributed by atoms with van der Waals surface area (Å²) in [5, 5.41) is 0. The molecule has 1 aliphatic rings. The molecule has 0 spiro atoms. The van der Waals surface area contributed by atoms with Crippen LogP contribution in [0, 0.1) is 17.6 Å². The van der Waals surface area contributed by atoms with Crippen LogP contribution in [-0.2, 0) is 25.6 Å². The predicted octanol–water partition coefficient (Wildman–Crippen LogP) is 6.87. The van der Waals surface area contributed by atoms with Gasteiger partial charge >= 0.3 is 6.18 Å². The summed E-state index contributed by atoms with van der Waals surface area (Å²) in [5.41, 5.74) is -1.48. The first-order valence-corrected chi connectivity index (χ1v) is 10.9. The van der Waals surface area contributed by atoms with E-state index in [-0.39, 0.29) is 46.3 Å². The standard InChI is InChI=1S/C22H19F5O3S.2CH4/c1-2-3-14-13-21(11-10-20(14)28,18-12-16(23)6-9-19(18)24)31(29,30)17-7-4-15(5-8-17)22(25,26)27;;/h2,4-9,12,14H,1,3,10-11,13H2;2*1H4/t14-,21-;;/m1../s1. The number of rotatable bonds is 5. The molecular formula is C24H27F5O3S. The molecule has 0 saturated heterocycles. The maximum Gasteiger partial charge on any atom is 0.416 e. The molecule has 33 heavy (non-hydrogen) atoms. The fourth-order valence-corrected chi connectivity index (χ4v) is 6.27. The minimum absolute atomic E-state index is 0. The zero-order valence-electron chi connectivity index (χ0n) is 16.3. The summed E-state index contributed by atoms with van der Waals surface area (Å²) < 4.78 is 92.8. The third-order valence-corrected chi connectivity index (χ3v) is 8.20. The number of allylic oxidation sites excluding steroid dienone is 1. The van der Waals surface area contributed by atoms with E-state index in [4.69, 9.17) is 0 Å². The van der Waals surface area contributed by atoms with Crippen molar-refractivity contribution in [2.75, 3.05) is 0 Å². The Labute approximate surface area is 191 Å². The fourth-order valence-electron chi connectivity index (χ4n) is 4.09. The average Bonchev–Trinajstić information content (AvgIpc) is 2.71.